The summed E-state index contributed by atoms with van der Waals surface area (Å²) < 4.78 is 25.0. The SMILES string of the molecule is CCNS(=O)(=O)CCNC(=O)c1ccnc(Cl)c1. The summed E-state index contributed by atoms with van der Waals surface area (Å²) in [6.07, 6.45) is 1.41. The smallest absolute Gasteiger partial charge is 0.251 e. The Hall–Kier alpha value is -1.18. The summed E-state index contributed by atoms with van der Waals surface area (Å²) in [6, 6.07) is 2.91. The molecular weight excluding hydrogens is 278 g/mol. The molecule has 100 valence electrons. The molecule has 18 heavy (non-hydrogen) atoms. The quantitative estimate of drug-likeness (QED) is 0.743. The number of carbonyl (C=O) groups excluding carboxylic acids is 1. The Bertz CT molecular complexity index is 519. The Morgan fingerprint density at radius 1 is 1.50 bits per heavy atom. The summed E-state index contributed by atoms with van der Waals surface area (Å²) in [5.41, 5.74) is 0.343. The van der Waals surface area contributed by atoms with Crippen LogP contribution in [0.5, 0.6) is 0 Å². The maximum Gasteiger partial charge on any atom is 0.251 e. The highest BCUT2D eigenvalue weighted by Crippen LogP contribution is 2.06. The molecule has 1 rings (SSSR count). The third-order valence-electron chi connectivity index (χ3n) is 2.01. The summed E-state index contributed by atoms with van der Waals surface area (Å²) >= 11 is 5.64. The van der Waals surface area contributed by atoms with Gasteiger partial charge in [0.05, 0.1) is 5.75 Å². The molecule has 1 aromatic heterocycles. The third-order valence-corrected chi connectivity index (χ3v) is 3.69. The molecule has 1 amide bonds. The first-order valence-electron chi connectivity index (χ1n) is 5.31. The molecule has 0 saturated carbocycles. The van der Waals surface area contributed by atoms with Crippen LogP contribution in [0.25, 0.3) is 0 Å². The fourth-order valence-corrected chi connectivity index (χ4v) is 2.37. The molecule has 6 nitrogen and oxygen atoms in total. The molecule has 0 aromatic carbocycles. The van der Waals surface area contributed by atoms with E-state index in [1.54, 1.807) is 6.92 Å². The van der Waals surface area contributed by atoms with Gasteiger partial charge in [0.15, 0.2) is 0 Å². The second kappa shape index (κ2) is 6.67. The summed E-state index contributed by atoms with van der Waals surface area (Å²) in [6.45, 7) is 2.06. The van der Waals surface area contributed by atoms with E-state index >= 15 is 0 Å². The van der Waals surface area contributed by atoms with Gasteiger partial charge in [0.25, 0.3) is 5.91 Å². The van der Waals surface area contributed by atoms with Crippen molar-refractivity contribution in [1.82, 2.24) is 15.0 Å². The number of amides is 1. The number of nitrogens with one attached hydrogen (secondary N) is 2. The maximum absolute atomic E-state index is 11.6. The maximum atomic E-state index is 11.6. The van der Waals surface area contributed by atoms with Crippen molar-refractivity contribution in [2.45, 2.75) is 6.92 Å². The number of hydrogen-bond acceptors (Lipinski definition) is 4. The number of halogens is 1. The van der Waals surface area contributed by atoms with Gasteiger partial charge in [0, 0.05) is 24.8 Å². The Kier molecular flexibility index (Phi) is 5.52. The van der Waals surface area contributed by atoms with E-state index in [-0.39, 0.29) is 23.4 Å². The first-order chi connectivity index (χ1) is 8.44. The van der Waals surface area contributed by atoms with Crippen LogP contribution in [0.1, 0.15) is 17.3 Å². The molecule has 1 heterocycles. The van der Waals surface area contributed by atoms with Crippen molar-refractivity contribution in [2.24, 2.45) is 0 Å². The average Bonchev–Trinajstić information content (AvgIpc) is 2.28. The van der Waals surface area contributed by atoms with Gasteiger partial charge in [-0.1, -0.05) is 18.5 Å². The summed E-state index contributed by atoms with van der Waals surface area (Å²) in [7, 11) is -3.32. The number of sulfonamides is 1. The third kappa shape index (κ3) is 4.99. The minimum Gasteiger partial charge on any atom is -0.351 e. The van der Waals surface area contributed by atoms with Crippen molar-refractivity contribution in [3.05, 3.63) is 29.0 Å². The van der Waals surface area contributed by atoms with Crippen LogP contribution in [0.2, 0.25) is 5.15 Å². The molecule has 1 aromatic rings. The highest BCUT2D eigenvalue weighted by atomic mass is 35.5. The average molecular weight is 292 g/mol. The van der Waals surface area contributed by atoms with E-state index in [1.165, 1.54) is 18.3 Å². The van der Waals surface area contributed by atoms with Crippen LogP contribution in [0.3, 0.4) is 0 Å². The van der Waals surface area contributed by atoms with Gasteiger partial charge in [0.2, 0.25) is 10.0 Å². The zero-order valence-corrected chi connectivity index (χ0v) is 11.4. The van der Waals surface area contributed by atoms with E-state index in [0.717, 1.165) is 0 Å². The van der Waals surface area contributed by atoms with Gasteiger partial charge in [-0.3, -0.25) is 4.79 Å². The van der Waals surface area contributed by atoms with E-state index in [1.807, 2.05) is 0 Å². The summed E-state index contributed by atoms with van der Waals surface area (Å²) in [5, 5.41) is 2.71. The van der Waals surface area contributed by atoms with Crippen molar-refractivity contribution < 1.29 is 13.2 Å². The molecule has 0 spiro atoms. The van der Waals surface area contributed by atoms with Crippen LogP contribution < -0.4 is 10.0 Å². The number of nitrogens with zero attached hydrogens (tertiary/aromatic N) is 1. The molecule has 0 aliphatic heterocycles. The highest BCUT2D eigenvalue weighted by Gasteiger charge is 2.10. The lowest BCUT2D eigenvalue weighted by Crippen LogP contribution is -2.34. The normalized spacial score (nSPS) is 11.2. The Balaban J connectivity index is 2.48. The molecule has 0 unspecified atom stereocenters. The van der Waals surface area contributed by atoms with Crippen LogP contribution in [-0.2, 0) is 10.0 Å². The molecule has 0 aliphatic carbocycles. The molecule has 2 N–H and O–H groups in total. The Morgan fingerprint density at radius 3 is 2.83 bits per heavy atom. The van der Waals surface area contributed by atoms with E-state index < -0.39 is 10.0 Å². The molecular formula is C10H14ClN3O3S. The van der Waals surface area contributed by atoms with Crippen LogP contribution in [-0.4, -0.2) is 38.2 Å². The van der Waals surface area contributed by atoms with E-state index in [0.29, 0.717) is 12.1 Å². The lowest BCUT2D eigenvalue weighted by Gasteiger charge is -2.06. The Labute approximate surface area is 111 Å². The summed E-state index contributed by atoms with van der Waals surface area (Å²) in [4.78, 5) is 15.4. The van der Waals surface area contributed by atoms with Crippen molar-refractivity contribution in [1.29, 1.82) is 0 Å². The number of hydrogen-bond donors (Lipinski definition) is 2. The van der Waals surface area contributed by atoms with Gasteiger partial charge in [-0.25, -0.2) is 18.1 Å². The van der Waals surface area contributed by atoms with Gasteiger partial charge in [0.1, 0.15) is 5.15 Å². The zero-order valence-electron chi connectivity index (χ0n) is 9.81. The molecule has 0 aliphatic rings. The standard InChI is InChI=1S/C10H14ClN3O3S/c1-2-14-18(16,17)6-5-13-10(15)8-3-4-12-9(11)7-8/h3-4,7,14H,2,5-6H2,1H3,(H,13,15). The van der Waals surface area contributed by atoms with Crippen molar-refractivity contribution in [3.8, 4) is 0 Å². The predicted octanol–water partition coefficient (Wildman–Crippen LogP) is 0.404. The molecule has 0 fully saturated rings. The number of rotatable bonds is 6. The largest absolute Gasteiger partial charge is 0.351 e. The van der Waals surface area contributed by atoms with Crippen LogP contribution in [0.15, 0.2) is 18.3 Å². The first-order valence-corrected chi connectivity index (χ1v) is 7.34. The van der Waals surface area contributed by atoms with Gasteiger partial charge in [-0.2, -0.15) is 0 Å². The number of carbonyl (C=O) groups is 1. The fourth-order valence-electron chi connectivity index (χ4n) is 1.24. The minimum absolute atomic E-state index is 0.0358. The molecule has 0 atom stereocenters. The monoisotopic (exact) mass is 291 g/mol. The van der Waals surface area contributed by atoms with Crippen molar-refractivity contribution >= 4 is 27.5 Å². The molecule has 0 radical (unpaired) electrons. The molecule has 0 bridgehead atoms. The van der Waals surface area contributed by atoms with Crippen molar-refractivity contribution in [3.63, 3.8) is 0 Å². The lowest BCUT2D eigenvalue weighted by molar-refractivity contribution is 0.0956. The fraction of sp³-hybridized carbons (Fsp3) is 0.400. The lowest BCUT2D eigenvalue weighted by atomic mass is 10.2. The number of pyridine rings is 1. The first kappa shape index (κ1) is 14.9. The van der Waals surface area contributed by atoms with Gasteiger partial charge < -0.3 is 5.32 Å². The zero-order chi connectivity index (χ0) is 13.6. The van der Waals surface area contributed by atoms with Gasteiger partial charge >= 0.3 is 0 Å². The van der Waals surface area contributed by atoms with E-state index in [4.69, 9.17) is 11.6 Å². The van der Waals surface area contributed by atoms with Crippen LogP contribution in [0.4, 0.5) is 0 Å². The predicted molar refractivity (Wildman–Crippen MR) is 69.0 cm³/mol. The van der Waals surface area contributed by atoms with Gasteiger partial charge in [-0.15, -0.1) is 0 Å². The van der Waals surface area contributed by atoms with E-state index in [9.17, 15) is 13.2 Å². The Morgan fingerprint density at radius 2 is 2.22 bits per heavy atom. The topological polar surface area (TPSA) is 88.2 Å². The van der Waals surface area contributed by atoms with Gasteiger partial charge in [-0.05, 0) is 12.1 Å². The molecule has 0 saturated heterocycles. The highest BCUT2D eigenvalue weighted by molar-refractivity contribution is 7.89. The van der Waals surface area contributed by atoms with Crippen molar-refractivity contribution in [2.75, 3.05) is 18.8 Å². The molecule has 8 heteroatoms. The minimum atomic E-state index is -3.32. The second-order valence-corrected chi connectivity index (χ2v) is 5.75. The van der Waals surface area contributed by atoms with Crippen LogP contribution >= 0.6 is 11.6 Å². The van der Waals surface area contributed by atoms with Crippen LogP contribution in [0, 0.1) is 0 Å². The second-order valence-electron chi connectivity index (χ2n) is 3.44. The van der Waals surface area contributed by atoms with E-state index in [2.05, 4.69) is 15.0 Å². The summed E-state index contributed by atoms with van der Waals surface area (Å²) in [5.74, 6) is -0.545. The number of aromatic nitrogens is 1.